The molecule has 0 radical (unpaired) electrons. The predicted molar refractivity (Wildman–Crippen MR) is 62.3 cm³/mol. The van der Waals surface area contributed by atoms with E-state index in [0.29, 0.717) is 0 Å². The highest BCUT2D eigenvalue weighted by Crippen LogP contribution is 2.21. The largest absolute Gasteiger partial charge is 0.397 e. The zero-order chi connectivity index (χ0) is 10.8. The van der Waals surface area contributed by atoms with Crippen LogP contribution in [0.4, 0.5) is 11.4 Å². The average Bonchev–Trinajstić information content (AvgIpc) is 2.65. The van der Waals surface area contributed by atoms with Gasteiger partial charge in [-0.1, -0.05) is 0 Å². The van der Waals surface area contributed by atoms with Crippen LogP contribution in [-0.4, -0.2) is 16.6 Å². The van der Waals surface area contributed by atoms with Gasteiger partial charge in [-0.2, -0.15) is 0 Å². The fourth-order valence-electron chi connectivity index (χ4n) is 1.50. The van der Waals surface area contributed by atoms with Crippen molar-refractivity contribution in [2.45, 2.75) is 6.92 Å². The Labute approximate surface area is 88.7 Å². The Bertz CT molecular complexity index is 473. The molecule has 78 valence electrons. The molecule has 4 heteroatoms. The molecule has 3 N–H and O–H groups in total. The van der Waals surface area contributed by atoms with Crippen LogP contribution in [0.1, 0.15) is 5.69 Å². The van der Waals surface area contributed by atoms with E-state index < -0.39 is 0 Å². The summed E-state index contributed by atoms with van der Waals surface area (Å²) in [5.41, 5.74) is 9.57. The van der Waals surface area contributed by atoms with Crippen molar-refractivity contribution in [2.75, 3.05) is 18.1 Å². The number of imidazole rings is 1. The zero-order valence-corrected chi connectivity index (χ0v) is 8.86. The summed E-state index contributed by atoms with van der Waals surface area (Å²) in [7, 11) is 1.85. The molecule has 4 nitrogen and oxygen atoms in total. The van der Waals surface area contributed by atoms with Crippen LogP contribution in [0.5, 0.6) is 0 Å². The number of nitrogen functional groups attached to an aromatic ring is 1. The van der Waals surface area contributed by atoms with Gasteiger partial charge in [0.25, 0.3) is 0 Å². The van der Waals surface area contributed by atoms with E-state index in [2.05, 4.69) is 10.3 Å². The smallest absolute Gasteiger partial charge is 0.0995 e. The molecule has 0 aliphatic rings. The van der Waals surface area contributed by atoms with E-state index in [1.165, 1.54) is 0 Å². The van der Waals surface area contributed by atoms with Crippen LogP contribution < -0.4 is 11.1 Å². The Morgan fingerprint density at radius 1 is 1.40 bits per heavy atom. The summed E-state index contributed by atoms with van der Waals surface area (Å²) in [6.45, 7) is 1.96. The standard InChI is InChI=1S/C11H14N4/c1-8-6-15(7-14-8)9-3-4-11(13-2)10(12)5-9/h3-7,13H,12H2,1-2H3. The second-order valence-electron chi connectivity index (χ2n) is 3.44. The second-order valence-corrected chi connectivity index (χ2v) is 3.44. The molecule has 0 bridgehead atoms. The van der Waals surface area contributed by atoms with E-state index >= 15 is 0 Å². The minimum Gasteiger partial charge on any atom is -0.397 e. The van der Waals surface area contributed by atoms with Crippen molar-refractivity contribution in [1.29, 1.82) is 0 Å². The third-order valence-corrected chi connectivity index (χ3v) is 2.31. The van der Waals surface area contributed by atoms with Gasteiger partial charge in [-0.25, -0.2) is 4.98 Å². The van der Waals surface area contributed by atoms with Crippen molar-refractivity contribution in [2.24, 2.45) is 0 Å². The zero-order valence-electron chi connectivity index (χ0n) is 8.86. The van der Waals surface area contributed by atoms with Gasteiger partial charge >= 0.3 is 0 Å². The monoisotopic (exact) mass is 202 g/mol. The van der Waals surface area contributed by atoms with Gasteiger partial charge < -0.3 is 15.6 Å². The molecule has 15 heavy (non-hydrogen) atoms. The number of nitrogens with zero attached hydrogens (tertiary/aromatic N) is 2. The van der Waals surface area contributed by atoms with Crippen molar-refractivity contribution in [3.63, 3.8) is 0 Å². The third-order valence-electron chi connectivity index (χ3n) is 2.31. The van der Waals surface area contributed by atoms with Gasteiger partial charge in [-0.3, -0.25) is 0 Å². The molecule has 0 amide bonds. The van der Waals surface area contributed by atoms with Crippen LogP contribution in [0.2, 0.25) is 0 Å². The van der Waals surface area contributed by atoms with Gasteiger partial charge in [0, 0.05) is 18.9 Å². The lowest BCUT2D eigenvalue weighted by Crippen LogP contribution is -1.98. The maximum atomic E-state index is 5.88. The number of benzene rings is 1. The molecule has 0 saturated carbocycles. The number of nitrogens with one attached hydrogen (secondary N) is 1. The van der Waals surface area contributed by atoms with Crippen molar-refractivity contribution < 1.29 is 0 Å². The van der Waals surface area contributed by atoms with Gasteiger partial charge in [0.05, 0.1) is 23.4 Å². The van der Waals surface area contributed by atoms with Crippen LogP contribution >= 0.6 is 0 Å². The molecular formula is C11H14N4. The summed E-state index contributed by atoms with van der Waals surface area (Å²) in [6, 6.07) is 5.89. The lowest BCUT2D eigenvalue weighted by atomic mass is 10.2. The number of nitrogens with two attached hydrogens (primary N) is 1. The minimum atomic E-state index is 0.737. The molecule has 0 saturated heterocycles. The summed E-state index contributed by atoms with van der Waals surface area (Å²) in [5.74, 6) is 0. The number of hydrogen-bond acceptors (Lipinski definition) is 3. The molecule has 0 aliphatic heterocycles. The fraction of sp³-hybridized carbons (Fsp3) is 0.182. The number of rotatable bonds is 2. The van der Waals surface area contributed by atoms with E-state index in [9.17, 15) is 0 Å². The molecular weight excluding hydrogens is 188 g/mol. The molecule has 1 aromatic carbocycles. The van der Waals surface area contributed by atoms with Crippen LogP contribution in [0.15, 0.2) is 30.7 Å². The maximum Gasteiger partial charge on any atom is 0.0995 e. The Morgan fingerprint density at radius 3 is 2.73 bits per heavy atom. The molecule has 0 atom stereocenters. The van der Waals surface area contributed by atoms with E-state index in [-0.39, 0.29) is 0 Å². The first kappa shape index (κ1) is 9.58. The van der Waals surface area contributed by atoms with Gasteiger partial charge in [-0.15, -0.1) is 0 Å². The fourth-order valence-corrected chi connectivity index (χ4v) is 1.50. The quantitative estimate of drug-likeness (QED) is 0.730. The highest BCUT2D eigenvalue weighted by molar-refractivity contribution is 5.68. The van der Waals surface area contributed by atoms with Gasteiger partial charge in [0.2, 0.25) is 0 Å². The van der Waals surface area contributed by atoms with E-state index in [1.807, 2.05) is 42.9 Å². The maximum absolute atomic E-state index is 5.88. The summed E-state index contributed by atoms with van der Waals surface area (Å²) >= 11 is 0. The number of anilines is 2. The summed E-state index contributed by atoms with van der Waals surface area (Å²) in [6.07, 6.45) is 3.75. The Morgan fingerprint density at radius 2 is 2.20 bits per heavy atom. The SMILES string of the molecule is CNc1ccc(-n2cnc(C)c2)cc1N. The lowest BCUT2D eigenvalue weighted by molar-refractivity contribution is 1.06. The molecule has 0 fully saturated rings. The van der Waals surface area contributed by atoms with Crippen molar-refractivity contribution >= 4 is 11.4 Å². The van der Waals surface area contributed by atoms with Gasteiger partial charge in [-0.05, 0) is 25.1 Å². The van der Waals surface area contributed by atoms with E-state index in [1.54, 1.807) is 6.33 Å². The van der Waals surface area contributed by atoms with E-state index in [0.717, 1.165) is 22.8 Å². The Balaban J connectivity index is 2.42. The molecule has 2 aromatic rings. The molecule has 0 spiro atoms. The highest BCUT2D eigenvalue weighted by Gasteiger charge is 2.01. The van der Waals surface area contributed by atoms with Crippen molar-refractivity contribution in [3.05, 3.63) is 36.4 Å². The van der Waals surface area contributed by atoms with Crippen LogP contribution in [0, 0.1) is 6.92 Å². The normalized spacial score (nSPS) is 10.3. The Hall–Kier alpha value is -1.97. The first-order valence-corrected chi connectivity index (χ1v) is 4.79. The van der Waals surface area contributed by atoms with Crippen LogP contribution in [-0.2, 0) is 0 Å². The van der Waals surface area contributed by atoms with Gasteiger partial charge in [0.1, 0.15) is 0 Å². The topological polar surface area (TPSA) is 55.9 Å². The third kappa shape index (κ3) is 1.79. The molecule has 2 rings (SSSR count). The molecule has 0 unspecified atom stereocenters. The van der Waals surface area contributed by atoms with Crippen molar-refractivity contribution in [1.82, 2.24) is 9.55 Å². The molecule has 1 aromatic heterocycles. The number of hydrogen-bond donors (Lipinski definition) is 2. The minimum absolute atomic E-state index is 0.737. The van der Waals surface area contributed by atoms with Gasteiger partial charge in [0.15, 0.2) is 0 Å². The summed E-state index contributed by atoms with van der Waals surface area (Å²) < 4.78 is 1.95. The average molecular weight is 202 g/mol. The second kappa shape index (κ2) is 3.65. The van der Waals surface area contributed by atoms with Crippen LogP contribution in [0.3, 0.4) is 0 Å². The summed E-state index contributed by atoms with van der Waals surface area (Å²) in [5, 5.41) is 3.03. The van der Waals surface area contributed by atoms with Crippen molar-refractivity contribution in [3.8, 4) is 5.69 Å². The highest BCUT2D eigenvalue weighted by atomic mass is 15.0. The lowest BCUT2D eigenvalue weighted by Gasteiger charge is -2.07. The summed E-state index contributed by atoms with van der Waals surface area (Å²) in [4.78, 5) is 4.17. The van der Waals surface area contributed by atoms with E-state index in [4.69, 9.17) is 5.73 Å². The predicted octanol–water partition coefficient (Wildman–Crippen LogP) is 1.80. The first-order chi connectivity index (χ1) is 7.20. The number of aryl methyl sites for hydroxylation is 1. The Kier molecular flexibility index (Phi) is 2.33. The van der Waals surface area contributed by atoms with Crippen LogP contribution in [0.25, 0.3) is 5.69 Å². The first-order valence-electron chi connectivity index (χ1n) is 4.79. The molecule has 0 aliphatic carbocycles. The number of aromatic nitrogens is 2. The molecule has 1 heterocycles.